The van der Waals surface area contributed by atoms with Crippen molar-refractivity contribution in [2.75, 3.05) is 13.2 Å². The Morgan fingerprint density at radius 3 is 1.82 bits per heavy atom. The highest BCUT2D eigenvalue weighted by Gasteiger charge is 2.10. The van der Waals surface area contributed by atoms with Crippen molar-refractivity contribution in [2.45, 2.75) is 19.3 Å². The van der Waals surface area contributed by atoms with Crippen LogP contribution in [0.15, 0.2) is 78.9 Å². The van der Waals surface area contributed by atoms with Crippen LogP contribution in [0, 0.1) is 0 Å². The second-order valence-corrected chi connectivity index (χ2v) is 6.30. The van der Waals surface area contributed by atoms with Gasteiger partial charge in [0.05, 0.1) is 6.61 Å². The van der Waals surface area contributed by atoms with Gasteiger partial charge in [-0.1, -0.05) is 60.7 Å². The van der Waals surface area contributed by atoms with Crippen molar-refractivity contribution >= 4 is 0 Å². The lowest BCUT2D eigenvalue weighted by atomic mass is 10.2. The second-order valence-electron chi connectivity index (χ2n) is 6.30. The van der Waals surface area contributed by atoms with E-state index >= 15 is 0 Å². The van der Waals surface area contributed by atoms with E-state index in [0.717, 1.165) is 11.1 Å². The first kappa shape index (κ1) is 19.7. The van der Waals surface area contributed by atoms with E-state index in [4.69, 9.17) is 19.3 Å². The highest BCUT2D eigenvalue weighted by molar-refractivity contribution is 5.46. The molecule has 3 rings (SSSR count). The fourth-order valence-electron chi connectivity index (χ4n) is 2.53. The molecule has 0 fully saturated rings. The molecular weight excluding hydrogens is 356 g/mol. The molecule has 146 valence electrons. The Morgan fingerprint density at radius 1 is 0.679 bits per heavy atom. The molecule has 1 atom stereocenters. The molecule has 0 amide bonds. The average Bonchev–Trinajstić information content (AvgIpc) is 2.76. The lowest BCUT2D eigenvalue weighted by Crippen LogP contribution is -2.21. The highest BCUT2D eigenvalue weighted by Crippen LogP contribution is 2.33. The maximum absolute atomic E-state index is 9.47. The Labute approximate surface area is 164 Å². The monoisotopic (exact) mass is 380 g/mol. The number of hydrogen-bond donors (Lipinski definition) is 2. The first-order valence-corrected chi connectivity index (χ1v) is 9.14. The van der Waals surface area contributed by atoms with Crippen LogP contribution in [0.25, 0.3) is 0 Å². The van der Waals surface area contributed by atoms with Gasteiger partial charge >= 0.3 is 0 Å². The van der Waals surface area contributed by atoms with Gasteiger partial charge in [-0.15, -0.1) is 0 Å². The second kappa shape index (κ2) is 10.3. The van der Waals surface area contributed by atoms with Crippen molar-refractivity contribution in [1.82, 2.24) is 0 Å². The first-order valence-electron chi connectivity index (χ1n) is 9.14. The molecule has 0 spiro atoms. The maximum atomic E-state index is 9.47. The van der Waals surface area contributed by atoms with Crippen LogP contribution in [0.5, 0.6) is 17.2 Å². The minimum atomic E-state index is -0.928. The van der Waals surface area contributed by atoms with Gasteiger partial charge in [0, 0.05) is 6.07 Å². The number of ether oxygens (including phenoxy) is 3. The van der Waals surface area contributed by atoms with Crippen LogP contribution in [0.3, 0.4) is 0 Å². The van der Waals surface area contributed by atoms with Crippen LogP contribution in [-0.2, 0) is 13.2 Å². The summed E-state index contributed by atoms with van der Waals surface area (Å²) in [6.45, 7) is 0.464. The Hall–Kier alpha value is -3.02. The van der Waals surface area contributed by atoms with Gasteiger partial charge in [-0.3, -0.25) is 0 Å². The molecule has 0 aliphatic heterocycles. The van der Waals surface area contributed by atoms with Gasteiger partial charge in [-0.25, -0.2) is 0 Å². The van der Waals surface area contributed by atoms with Crippen molar-refractivity contribution in [3.05, 3.63) is 90.0 Å². The van der Waals surface area contributed by atoms with E-state index in [9.17, 15) is 5.11 Å². The Balaban J connectivity index is 1.72. The van der Waals surface area contributed by atoms with Gasteiger partial charge in [0.25, 0.3) is 0 Å². The lowest BCUT2D eigenvalue weighted by molar-refractivity contribution is 0.0535. The van der Waals surface area contributed by atoms with Gasteiger partial charge in [-0.05, 0) is 23.3 Å². The summed E-state index contributed by atoms with van der Waals surface area (Å²) in [4.78, 5) is 0. The molecule has 0 saturated carbocycles. The number of aliphatic hydroxyl groups is 2. The summed E-state index contributed by atoms with van der Waals surface area (Å²) in [5.41, 5.74) is 2.10. The number of benzene rings is 3. The summed E-state index contributed by atoms with van der Waals surface area (Å²) < 4.78 is 17.4. The van der Waals surface area contributed by atoms with E-state index < -0.39 is 6.10 Å². The highest BCUT2D eigenvalue weighted by atomic mass is 16.5. The summed E-state index contributed by atoms with van der Waals surface area (Å²) in [5, 5.41) is 18.4. The smallest absolute Gasteiger partial charge is 0.165 e. The van der Waals surface area contributed by atoms with E-state index in [1.165, 1.54) is 0 Å². The van der Waals surface area contributed by atoms with E-state index in [1.807, 2.05) is 60.7 Å². The number of hydrogen-bond acceptors (Lipinski definition) is 5. The van der Waals surface area contributed by atoms with Crippen LogP contribution >= 0.6 is 0 Å². The summed E-state index contributed by atoms with van der Waals surface area (Å²) in [6.07, 6.45) is -0.928. The average molecular weight is 380 g/mol. The Morgan fingerprint density at radius 2 is 1.25 bits per heavy atom. The predicted molar refractivity (Wildman–Crippen MR) is 107 cm³/mol. The van der Waals surface area contributed by atoms with Crippen molar-refractivity contribution in [1.29, 1.82) is 0 Å². The third-order valence-electron chi connectivity index (χ3n) is 4.04. The van der Waals surface area contributed by atoms with Crippen LogP contribution in [0.4, 0.5) is 0 Å². The summed E-state index contributed by atoms with van der Waals surface area (Å²) in [5.74, 6) is 1.69. The normalized spacial score (nSPS) is 11.6. The van der Waals surface area contributed by atoms with Crippen molar-refractivity contribution < 1.29 is 24.4 Å². The molecule has 3 aromatic carbocycles. The van der Waals surface area contributed by atoms with Crippen molar-refractivity contribution in [3.8, 4) is 17.2 Å². The lowest BCUT2D eigenvalue weighted by Gasteiger charge is -2.16. The fraction of sp³-hybridized carbons (Fsp3) is 0.217. The van der Waals surface area contributed by atoms with Gasteiger partial charge in [-0.2, -0.15) is 0 Å². The molecule has 3 aromatic rings. The standard InChI is InChI=1S/C23H24O5/c24-14-20(25)17-26-21-11-12-22(27-15-18-7-3-1-4-8-18)23(13-21)28-16-19-9-5-2-6-10-19/h1-13,20,24-25H,14-17H2/t20-/m1/s1. The Bertz CT molecular complexity index is 836. The van der Waals surface area contributed by atoms with Crippen LogP contribution < -0.4 is 14.2 Å². The summed E-state index contributed by atoms with van der Waals surface area (Å²) in [6, 6.07) is 25.0. The van der Waals surface area contributed by atoms with Crippen LogP contribution in [-0.4, -0.2) is 29.5 Å². The molecule has 5 heteroatoms. The molecule has 0 aliphatic carbocycles. The molecule has 0 saturated heterocycles. The fourth-order valence-corrected chi connectivity index (χ4v) is 2.53. The SMILES string of the molecule is OC[C@@H](O)COc1ccc(OCc2ccccc2)c(OCc2ccccc2)c1. The molecule has 5 nitrogen and oxygen atoms in total. The predicted octanol–water partition coefficient (Wildman–Crippen LogP) is 3.58. The Kier molecular flexibility index (Phi) is 7.29. The molecule has 2 N–H and O–H groups in total. The zero-order chi connectivity index (χ0) is 19.6. The quantitative estimate of drug-likeness (QED) is 0.563. The third kappa shape index (κ3) is 6.01. The third-order valence-corrected chi connectivity index (χ3v) is 4.04. The van der Waals surface area contributed by atoms with E-state index in [2.05, 4.69) is 0 Å². The largest absolute Gasteiger partial charge is 0.491 e. The van der Waals surface area contributed by atoms with Crippen molar-refractivity contribution in [2.24, 2.45) is 0 Å². The zero-order valence-electron chi connectivity index (χ0n) is 15.5. The van der Waals surface area contributed by atoms with Gasteiger partial charge in [0.2, 0.25) is 0 Å². The molecule has 28 heavy (non-hydrogen) atoms. The molecular formula is C23H24O5. The molecule has 0 heterocycles. The van der Waals surface area contributed by atoms with Crippen LogP contribution in [0.2, 0.25) is 0 Å². The molecule has 0 aliphatic rings. The van der Waals surface area contributed by atoms with Crippen molar-refractivity contribution in [3.63, 3.8) is 0 Å². The first-order chi connectivity index (χ1) is 13.7. The summed E-state index contributed by atoms with van der Waals surface area (Å²) in [7, 11) is 0. The summed E-state index contributed by atoms with van der Waals surface area (Å²) >= 11 is 0. The minimum Gasteiger partial charge on any atom is -0.491 e. The number of aliphatic hydroxyl groups excluding tert-OH is 2. The zero-order valence-corrected chi connectivity index (χ0v) is 15.5. The molecule has 0 unspecified atom stereocenters. The van der Waals surface area contributed by atoms with Gasteiger partial charge in [0.1, 0.15) is 31.7 Å². The molecule has 0 radical (unpaired) electrons. The van der Waals surface area contributed by atoms with E-state index in [-0.39, 0.29) is 13.2 Å². The van der Waals surface area contributed by atoms with Crippen LogP contribution in [0.1, 0.15) is 11.1 Å². The van der Waals surface area contributed by atoms with Gasteiger partial charge < -0.3 is 24.4 Å². The topological polar surface area (TPSA) is 68.2 Å². The van der Waals surface area contributed by atoms with E-state index in [0.29, 0.717) is 30.5 Å². The minimum absolute atomic E-state index is 0.00115. The van der Waals surface area contributed by atoms with E-state index in [1.54, 1.807) is 18.2 Å². The maximum Gasteiger partial charge on any atom is 0.165 e. The number of rotatable bonds is 10. The molecule has 0 bridgehead atoms. The van der Waals surface area contributed by atoms with Gasteiger partial charge in [0.15, 0.2) is 11.5 Å². The molecule has 0 aromatic heterocycles.